The third-order valence-corrected chi connectivity index (χ3v) is 6.11. The van der Waals surface area contributed by atoms with Crippen LogP contribution >= 0.6 is 11.8 Å². The molecule has 116 valence electrons. The predicted octanol–water partition coefficient (Wildman–Crippen LogP) is 0.906. The Labute approximate surface area is 129 Å². The number of amidine groups is 1. The molecule has 1 aromatic rings. The van der Waals surface area contributed by atoms with E-state index in [9.17, 15) is 8.42 Å². The summed E-state index contributed by atoms with van der Waals surface area (Å²) >= 11 is 1.63. The highest BCUT2D eigenvalue weighted by Gasteiger charge is 2.33. The van der Waals surface area contributed by atoms with E-state index in [0.29, 0.717) is 29.2 Å². The third-order valence-electron chi connectivity index (χ3n) is 3.47. The van der Waals surface area contributed by atoms with Crippen molar-refractivity contribution in [2.45, 2.75) is 19.2 Å². The number of aromatic nitrogens is 1. The summed E-state index contributed by atoms with van der Waals surface area (Å²) in [7, 11) is -3.22. The first-order valence-corrected chi connectivity index (χ1v) is 9.68. The minimum absolute atomic E-state index is 0.0829. The first-order chi connectivity index (χ1) is 9.71. The largest absolute Gasteiger partial charge is 0.384 e. The van der Waals surface area contributed by atoms with Crippen molar-refractivity contribution in [2.75, 3.05) is 29.2 Å². The lowest BCUT2D eigenvalue weighted by Crippen LogP contribution is -2.48. The van der Waals surface area contributed by atoms with Crippen LogP contribution in [-0.2, 0) is 9.84 Å². The Morgan fingerprint density at radius 1 is 1.52 bits per heavy atom. The van der Waals surface area contributed by atoms with Crippen LogP contribution in [-0.4, -0.2) is 48.9 Å². The molecular formula is C13H20N4O2S2. The van der Waals surface area contributed by atoms with Crippen LogP contribution in [0.15, 0.2) is 6.07 Å². The standard InChI is InChI=1S/C13H20N4O2S2/c1-8-6-10(12(13(14)15)9(2)16-8)17-4-5-20-7-11(17)21(3,18)19/h6,11H,4-5,7H2,1-3H3,(H3,14,15). The zero-order valence-corrected chi connectivity index (χ0v) is 14.0. The van der Waals surface area contributed by atoms with Gasteiger partial charge in [-0.3, -0.25) is 10.4 Å². The fourth-order valence-corrected chi connectivity index (χ4v) is 5.41. The molecule has 2 heterocycles. The number of anilines is 1. The molecule has 0 spiro atoms. The fourth-order valence-electron chi connectivity index (χ4n) is 2.58. The van der Waals surface area contributed by atoms with Crippen LogP contribution in [0.25, 0.3) is 0 Å². The molecule has 6 nitrogen and oxygen atoms in total. The molecule has 2 rings (SSSR count). The van der Waals surface area contributed by atoms with Gasteiger partial charge in [0, 0.05) is 30.0 Å². The second-order valence-electron chi connectivity index (χ2n) is 5.21. The van der Waals surface area contributed by atoms with Crippen LogP contribution in [0, 0.1) is 19.3 Å². The molecule has 0 radical (unpaired) electrons. The zero-order chi connectivity index (χ0) is 15.8. The fraction of sp³-hybridized carbons (Fsp3) is 0.538. The Bertz CT molecular complexity index is 673. The van der Waals surface area contributed by atoms with Gasteiger partial charge in [-0.25, -0.2) is 8.42 Å². The Balaban J connectivity index is 2.60. The predicted molar refractivity (Wildman–Crippen MR) is 88.0 cm³/mol. The minimum atomic E-state index is -3.22. The SMILES string of the molecule is Cc1cc(N2CCSCC2S(C)(=O)=O)c(C(=N)N)c(C)n1. The molecule has 1 aliphatic rings. The van der Waals surface area contributed by atoms with Gasteiger partial charge < -0.3 is 10.6 Å². The zero-order valence-electron chi connectivity index (χ0n) is 12.4. The molecule has 1 aromatic heterocycles. The average Bonchev–Trinajstić information content (AvgIpc) is 2.36. The molecule has 3 N–H and O–H groups in total. The average molecular weight is 328 g/mol. The molecule has 1 atom stereocenters. The maximum absolute atomic E-state index is 12.1. The van der Waals surface area contributed by atoms with E-state index in [1.807, 2.05) is 17.9 Å². The van der Waals surface area contributed by atoms with E-state index in [4.69, 9.17) is 11.1 Å². The molecule has 0 amide bonds. The normalized spacial score (nSPS) is 19.6. The summed E-state index contributed by atoms with van der Waals surface area (Å²) in [4.78, 5) is 6.19. The first kappa shape index (κ1) is 16.1. The van der Waals surface area contributed by atoms with Gasteiger partial charge in [0.15, 0.2) is 9.84 Å². The van der Waals surface area contributed by atoms with E-state index in [0.717, 1.165) is 11.4 Å². The molecule has 0 aliphatic carbocycles. The highest BCUT2D eigenvalue weighted by molar-refractivity contribution is 8.01. The number of thioether (sulfide) groups is 1. The quantitative estimate of drug-likeness (QED) is 0.632. The van der Waals surface area contributed by atoms with E-state index in [2.05, 4.69) is 4.98 Å². The van der Waals surface area contributed by atoms with Gasteiger partial charge in [-0.15, -0.1) is 0 Å². The van der Waals surface area contributed by atoms with Crippen LogP contribution in [0.1, 0.15) is 17.0 Å². The van der Waals surface area contributed by atoms with Crippen LogP contribution in [0.2, 0.25) is 0 Å². The summed E-state index contributed by atoms with van der Waals surface area (Å²) in [5.74, 6) is 1.29. The summed E-state index contributed by atoms with van der Waals surface area (Å²) in [6, 6.07) is 1.82. The monoisotopic (exact) mass is 328 g/mol. The molecule has 0 bridgehead atoms. The number of hydrogen-bond donors (Lipinski definition) is 2. The van der Waals surface area contributed by atoms with Crippen molar-refractivity contribution in [1.29, 1.82) is 5.41 Å². The topological polar surface area (TPSA) is 100 Å². The maximum Gasteiger partial charge on any atom is 0.169 e. The lowest BCUT2D eigenvalue weighted by Gasteiger charge is -2.37. The van der Waals surface area contributed by atoms with Crippen molar-refractivity contribution >= 4 is 33.1 Å². The number of nitrogens with two attached hydrogens (primary N) is 1. The number of nitrogens with one attached hydrogen (secondary N) is 1. The van der Waals surface area contributed by atoms with E-state index in [1.165, 1.54) is 6.26 Å². The second-order valence-corrected chi connectivity index (χ2v) is 8.56. The Morgan fingerprint density at radius 3 is 2.76 bits per heavy atom. The van der Waals surface area contributed by atoms with E-state index < -0.39 is 15.2 Å². The number of rotatable bonds is 3. The lowest BCUT2D eigenvalue weighted by molar-refractivity contribution is 0.584. The van der Waals surface area contributed by atoms with E-state index >= 15 is 0 Å². The molecule has 8 heteroatoms. The summed E-state index contributed by atoms with van der Waals surface area (Å²) < 4.78 is 24.1. The summed E-state index contributed by atoms with van der Waals surface area (Å²) in [6.07, 6.45) is 1.25. The van der Waals surface area contributed by atoms with Crippen molar-refractivity contribution in [1.82, 2.24) is 4.98 Å². The highest BCUT2D eigenvalue weighted by Crippen LogP contribution is 2.31. The van der Waals surface area contributed by atoms with Crippen molar-refractivity contribution in [3.05, 3.63) is 23.0 Å². The van der Waals surface area contributed by atoms with Crippen LogP contribution in [0.4, 0.5) is 5.69 Å². The number of pyridine rings is 1. The molecule has 1 unspecified atom stereocenters. The van der Waals surface area contributed by atoms with Gasteiger partial charge in [0.2, 0.25) is 0 Å². The van der Waals surface area contributed by atoms with Gasteiger partial charge in [-0.05, 0) is 19.9 Å². The van der Waals surface area contributed by atoms with E-state index in [1.54, 1.807) is 18.7 Å². The van der Waals surface area contributed by atoms with Gasteiger partial charge in [0.05, 0.1) is 16.9 Å². The summed E-state index contributed by atoms with van der Waals surface area (Å²) in [5, 5.41) is 7.20. The van der Waals surface area contributed by atoms with Gasteiger partial charge >= 0.3 is 0 Å². The smallest absolute Gasteiger partial charge is 0.169 e. The molecule has 1 aliphatic heterocycles. The van der Waals surface area contributed by atoms with Gasteiger partial charge in [-0.1, -0.05) is 0 Å². The molecular weight excluding hydrogens is 308 g/mol. The van der Waals surface area contributed by atoms with Crippen LogP contribution < -0.4 is 10.6 Å². The van der Waals surface area contributed by atoms with Crippen molar-refractivity contribution < 1.29 is 8.42 Å². The first-order valence-electron chi connectivity index (χ1n) is 6.57. The van der Waals surface area contributed by atoms with Crippen LogP contribution in [0.5, 0.6) is 0 Å². The summed E-state index contributed by atoms with van der Waals surface area (Å²) in [5.41, 5.74) is 8.36. The molecule has 0 saturated carbocycles. The Kier molecular flexibility index (Phi) is 4.48. The molecule has 0 aromatic carbocycles. The van der Waals surface area contributed by atoms with Crippen LogP contribution in [0.3, 0.4) is 0 Å². The number of sulfone groups is 1. The summed E-state index contributed by atoms with van der Waals surface area (Å²) in [6.45, 7) is 4.27. The number of nitrogen functional groups attached to an aromatic ring is 1. The van der Waals surface area contributed by atoms with Gasteiger partial charge in [0.25, 0.3) is 0 Å². The van der Waals surface area contributed by atoms with E-state index in [-0.39, 0.29) is 5.84 Å². The molecule has 1 fully saturated rings. The van der Waals surface area contributed by atoms with Crippen molar-refractivity contribution in [3.63, 3.8) is 0 Å². The minimum Gasteiger partial charge on any atom is -0.384 e. The van der Waals surface area contributed by atoms with Gasteiger partial charge in [-0.2, -0.15) is 11.8 Å². The lowest BCUT2D eigenvalue weighted by atomic mass is 10.1. The molecule has 21 heavy (non-hydrogen) atoms. The number of aryl methyl sites for hydroxylation is 2. The number of hydrogen-bond acceptors (Lipinski definition) is 6. The Hall–Kier alpha value is -1.28. The van der Waals surface area contributed by atoms with Crippen molar-refractivity contribution in [2.24, 2.45) is 5.73 Å². The van der Waals surface area contributed by atoms with Gasteiger partial charge in [0.1, 0.15) is 11.2 Å². The maximum atomic E-state index is 12.1. The molecule has 1 saturated heterocycles. The third kappa shape index (κ3) is 3.32. The Morgan fingerprint density at radius 2 is 2.19 bits per heavy atom. The highest BCUT2D eigenvalue weighted by atomic mass is 32.2. The van der Waals surface area contributed by atoms with Crippen molar-refractivity contribution in [3.8, 4) is 0 Å². The second kappa shape index (κ2) is 5.84. The number of nitrogens with zero attached hydrogens (tertiary/aromatic N) is 2.